The van der Waals surface area contributed by atoms with Gasteiger partial charge in [0.05, 0.1) is 11.5 Å². The van der Waals surface area contributed by atoms with Crippen LogP contribution in [0.5, 0.6) is 0 Å². The molecule has 1 aromatic carbocycles. The summed E-state index contributed by atoms with van der Waals surface area (Å²) >= 11 is 3.30. The van der Waals surface area contributed by atoms with Crippen molar-refractivity contribution in [1.29, 1.82) is 0 Å². The van der Waals surface area contributed by atoms with E-state index >= 15 is 0 Å². The molecule has 0 radical (unpaired) electrons. The maximum atomic E-state index is 12.3. The Labute approximate surface area is 121 Å². The van der Waals surface area contributed by atoms with Gasteiger partial charge in [-0.1, -0.05) is 6.07 Å². The summed E-state index contributed by atoms with van der Waals surface area (Å²) in [6.07, 6.45) is 0.715. The lowest BCUT2D eigenvalue weighted by Gasteiger charge is -2.13. The number of benzene rings is 1. The number of nitrogens with one attached hydrogen (secondary N) is 2. The third-order valence-electron chi connectivity index (χ3n) is 2.92. The quantitative estimate of drug-likeness (QED) is 0.839. The molecule has 1 aliphatic rings. The average molecular weight is 349 g/mol. The first-order valence-corrected chi connectivity index (χ1v) is 8.33. The van der Waals surface area contributed by atoms with Crippen LogP contribution in [0.2, 0.25) is 0 Å². The molecule has 0 bridgehead atoms. The average Bonchev–Trinajstić information content (AvgIpc) is 2.84. The molecule has 19 heavy (non-hydrogen) atoms. The van der Waals surface area contributed by atoms with Gasteiger partial charge in [0, 0.05) is 23.7 Å². The van der Waals surface area contributed by atoms with Crippen molar-refractivity contribution in [2.75, 3.05) is 20.3 Å². The number of hydrogen-bond acceptors (Lipinski definition) is 4. The Morgan fingerprint density at radius 2 is 2.26 bits per heavy atom. The van der Waals surface area contributed by atoms with E-state index in [4.69, 9.17) is 4.74 Å². The molecule has 0 aromatic heterocycles. The van der Waals surface area contributed by atoms with Crippen molar-refractivity contribution < 1.29 is 13.2 Å². The van der Waals surface area contributed by atoms with Gasteiger partial charge in [-0.05, 0) is 47.1 Å². The maximum Gasteiger partial charge on any atom is 0.242 e. The van der Waals surface area contributed by atoms with Gasteiger partial charge < -0.3 is 10.1 Å². The fourth-order valence-corrected chi connectivity index (χ4v) is 4.25. The minimum absolute atomic E-state index is 0.134. The van der Waals surface area contributed by atoms with Crippen LogP contribution in [0.3, 0.4) is 0 Å². The van der Waals surface area contributed by atoms with Crippen molar-refractivity contribution in [2.24, 2.45) is 0 Å². The summed E-state index contributed by atoms with van der Waals surface area (Å²) in [7, 11) is -1.70. The van der Waals surface area contributed by atoms with Crippen molar-refractivity contribution in [1.82, 2.24) is 10.0 Å². The summed E-state index contributed by atoms with van der Waals surface area (Å²) in [6, 6.07) is 5.19. The monoisotopic (exact) mass is 348 g/mol. The second-order valence-corrected chi connectivity index (χ2v) is 7.01. The number of rotatable bonds is 5. The normalized spacial score (nSPS) is 19.8. The highest BCUT2D eigenvalue weighted by Crippen LogP contribution is 2.24. The smallest absolute Gasteiger partial charge is 0.242 e. The topological polar surface area (TPSA) is 67.4 Å². The van der Waals surface area contributed by atoms with E-state index in [2.05, 4.69) is 26.0 Å². The molecule has 1 atom stereocenters. The molecule has 7 heteroatoms. The van der Waals surface area contributed by atoms with Crippen molar-refractivity contribution in [2.45, 2.75) is 23.9 Å². The summed E-state index contributed by atoms with van der Waals surface area (Å²) in [5.74, 6) is 0. The predicted octanol–water partition coefficient (Wildman–Crippen LogP) is 1.24. The lowest BCUT2D eigenvalue weighted by Crippen LogP contribution is -2.35. The molecule has 0 aliphatic carbocycles. The van der Waals surface area contributed by atoms with Crippen molar-refractivity contribution >= 4 is 26.0 Å². The second kappa shape index (κ2) is 6.32. The van der Waals surface area contributed by atoms with E-state index in [9.17, 15) is 8.42 Å². The molecule has 1 aromatic rings. The summed E-state index contributed by atoms with van der Waals surface area (Å²) in [5, 5.41) is 3.00. The SMILES string of the molecule is CNCc1ccc(Br)c(S(=O)(=O)NC2CCOC2)c1. The third kappa shape index (κ3) is 3.76. The van der Waals surface area contributed by atoms with E-state index in [0.29, 0.717) is 30.7 Å². The first-order chi connectivity index (χ1) is 9.03. The first-order valence-electron chi connectivity index (χ1n) is 6.06. The number of sulfonamides is 1. The fraction of sp³-hybridized carbons (Fsp3) is 0.500. The lowest BCUT2D eigenvalue weighted by atomic mass is 10.2. The summed E-state index contributed by atoms with van der Waals surface area (Å²) in [4.78, 5) is 0.271. The van der Waals surface area contributed by atoms with Gasteiger partial charge >= 0.3 is 0 Å². The maximum absolute atomic E-state index is 12.3. The van der Waals surface area contributed by atoms with Gasteiger partial charge in [-0.3, -0.25) is 0 Å². The summed E-state index contributed by atoms with van der Waals surface area (Å²) in [5.41, 5.74) is 0.925. The number of ether oxygens (including phenoxy) is 1. The zero-order chi connectivity index (χ0) is 13.9. The molecule has 1 heterocycles. The van der Waals surface area contributed by atoms with Gasteiger partial charge in [0.25, 0.3) is 0 Å². The molecule has 2 rings (SSSR count). The van der Waals surface area contributed by atoms with E-state index in [1.807, 2.05) is 13.1 Å². The zero-order valence-electron chi connectivity index (χ0n) is 10.6. The van der Waals surface area contributed by atoms with Crippen LogP contribution in [0.25, 0.3) is 0 Å². The Hall–Kier alpha value is -0.470. The fourth-order valence-electron chi connectivity index (χ4n) is 1.98. The van der Waals surface area contributed by atoms with Crippen molar-refractivity contribution in [3.8, 4) is 0 Å². The van der Waals surface area contributed by atoms with Crippen molar-refractivity contribution in [3.63, 3.8) is 0 Å². The van der Waals surface area contributed by atoms with Crippen LogP contribution in [0, 0.1) is 0 Å². The minimum atomic E-state index is -3.52. The molecule has 1 saturated heterocycles. The molecule has 0 amide bonds. The third-order valence-corrected chi connectivity index (χ3v) is 5.43. The highest BCUT2D eigenvalue weighted by atomic mass is 79.9. The Kier molecular flexibility index (Phi) is 4.97. The van der Waals surface area contributed by atoms with Gasteiger partial charge in [0.2, 0.25) is 10.0 Å². The predicted molar refractivity (Wildman–Crippen MR) is 76.5 cm³/mol. The molecular weight excluding hydrogens is 332 g/mol. The zero-order valence-corrected chi connectivity index (χ0v) is 13.1. The molecule has 1 fully saturated rings. The van der Waals surface area contributed by atoms with Gasteiger partial charge in [-0.2, -0.15) is 0 Å². The van der Waals surface area contributed by atoms with E-state index in [1.165, 1.54) is 0 Å². The van der Waals surface area contributed by atoms with Gasteiger partial charge in [-0.15, -0.1) is 0 Å². The number of hydrogen-bond donors (Lipinski definition) is 2. The standard InChI is InChI=1S/C12H17BrN2O3S/c1-14-7-9-2-3-11(13)12(6-9)19(16,17)15-10-4-5-18-8-10/h2-3,6,10,14-15H,4-5,7-8H2,1H3. The van der Waals surface area contributed by atoms with Crippen LogP contribution in [0.1, 0.15) is 12.0 Å². The van der Waals surface area contributed by atoms with Gasteiger partial charge in [0.1, 0.15) is 0 Å². The number of halogens is 1. The van der Waals surface area contributed by atoms with E-state index in [0.717, 1.165) is 5.56 Å². The Morgan fingerprint density at radius 1 is 1.47 bits per heavy atom. The van der Waals surface area contributed by atoms with E-state index in [-0.39, 0.29) is 10.9 Å². The Bertz CT molecular complexity index is 542. The molecular formula is C12H17BrN2O3S. The van der Waals surface area contributed by atoms with Crippen LogP contribution in [0.15, 0.2) is 27.6 Å². The minimum Gasteiger partial charge on any atom is -0.380 e. The molecule has 1 unspecified atom stereocenters. The van der Waals surface area contributed by atoms with Crippen molar-refractivity contribution in [3.05, 3.63) is 28.2 Å². The van der Waals surface area contributed by atoms with E-state index in [1.54, 1.807) is 12.1 Å². The van der Waals surface area contributed by atoms with Crippen LogP contribution >= 0.6 is 15.9 Å². The second-order valence-electron chi connectivity index (χ2n) is 4.48. The van der Waals surface area contributed by atoms with Crippen LogP contribution in [-0.2, 0) is 21.3 Å². The highest BCUT2D eigenvalue weighted by molar-refractivity contribution is 9.10. The van der Waals surface area contributed by atoms with Crippen LogP contribution in [0.4, 0.5) is 0 Å². The van der Waals surface area contributed by atoms with Gasteiger partial charge in [0.15, 0.2) is 0 Å². The van der Waals surface area contributed by atoms with Crippen LogP contribution < -0.4 is 10.0 Å². The summed E-state index contributed by atoms with van der Waals surface area (Å²) < 4.78 is 33.1. The Morgan fingerprint density at radius 3 is 2.89 bits per heavy atom. The lowest BCUT2D eigenvalue weighted by molar-refractivity contribution is 0.192. The van der Waals surface area contributed by atoms with Gasteiger partial charge in [-0.25, -0.2) is 13.1 Å². The van der Waals surface area contributed by atoms with Crippen LogP contribution in [-0.4, -0.2) is 34.7 Å². The van der Waals surface area contributed by atoms with E-state index < -0.39 is 10.0 Å². The molecule has 0 saturated carbocycles. The molecule has 2 N–H and O–H groups in total. The highest BCUT2D eigenvalue weighted by Gasteiger charge is 2.25. The summed E-state index contributed by atoms with van der Waals surface area (Å²) in [6.45, 7) is 1.67. The Balaban J connectivity index is 2.25. The first kappa shape index (κ1) is 14.9. The molecule has 106 valence electrons. The molecule has 1 aliphatic heterocycles. The molecule has 5 nitrogen and oxygen atoms in total. The largest absolute Gasteiger partial charge is 0.380 e. The molecule has 0 spiro atoms.